The van der Waals surface area contributed by atoms with Crippen LogP contribution in [0.25, 0.3) is 22.2 Å². The number of H-pyrrole nitrogens is 1. The largest absolute Gasteiger partial charge is 0.465 e. The van der Waals surface area contributed by atoms with E-state index in [1.54, 1.807) is 6.20 Å². The monoisotopic (exact) mass is 524 g/mol. The fourth-order valence-corrected chi connectivity index (χ4v) is 5.68. The summed E-state index contributed by atoms with van der Waals surface area (Å²) in [6, 6.07) is 7.97. The van der Waals surface area contributed by atoms with Crippen LogP contribution < -0.4 is 4.90 Å². The number of halogens is 1. The van der Waals surface area contributed by atoms with E-state index in [0.717, 1.165) is 79.0 Å². The lowest BCUT2D eigenvalue weighted by Crippen LogP contribution is -2.51. The van der Waals surface area contributed by atoms with E-state index in [-0.39, 0.29) is 5.91 Å². The first-order chi connectivity index (χ1) is 17.9. The second kappa shape index (κ2) is 11.1. The average Bonchev–Trinajstić information content (AvgIpc) is 3.34. The van der Waals surface area contributed by atoms with Crippen molar-refractivity contribution in [2.75, 3.05) is 63.8 Å². The molecule has 2 aromatic heterocycles. The zero-order valence-corrected chi connectivity index (χ0v) is 21.9. The molecular formula is C27H33ClN6O3. The third-order valence-corrected chi connectivity index (χ3v) is 7.85. The molecule has 1 aromatic carbocycles. The number of aryl methyl sites for hydroxylation is 1. The number of pyridine rings is 1. The molecule has 5 rings (SSSR count). The molecule has 0 spiro atoms. The molecule has 2 aliphatic rings. The van der Waals surface area contributed by atoms with Gasteiger partial charge in [-0.15, -0.1) is 0 Å². The lowest BCUT2D eigenvalue weighted by atomic mass is 10.0. The summed E-state index contributed by atoms with van der Waals surface area (Å²) in [5.74, 6) is 0.0945. The van der Waals surface area contributed by atoms with Crippen molar-refractivity contribution in [3.05, 3.63) is 47.2 Å². The summed E-state index contributed by atoms with van der Waals surface area (Å²) in [5, 5.41) is 10.7. The highest BCUT2D eigenvalue weighted by molar-refractivity contribution is 6.38. The zero-order chi connectivity index (χ0) is 25.9. The van der Waals surface area contributed by atoms with Crippen LogP contribution in [0.15, 0.2) is 36.7 Å². The number of rotatable bonds is 7. The minimum Gasteiger partial charge on any atom is -0.465 e. The minimum absolute atomic E-state index is 0.0945. The van der Waals surface area contributed by atoms with Gasteiger partial charge in [0.15, 0.2) is 0 Å². The maximum absolute atomic E-state index is 13.1. The highest BCUT2D eigenvalue weighted by Crippen LogP contribution is 2.36. The van der Waals surface area contributed by atoms with Crippen LogP contribution in [0.1, 0.15) is 18.9 Å². The van der Waals surface area contributed by atoms with Crippen molar-refractivity contribution >= 4 is 40.3 Å². The van der Waals surface area contributed by atoms with Crippen molar-refractivity contribution in [2.45, 2.75) is 19.8 Å². The van der Waals surface area contributed by atoms with E-state index in [1.807, 2.05) is 35.4 Å². The molecule has 2 amide bonds. The van der Waals surface area contributed by atoms with Gasteiger partial charge < -0.3 is 19.9 Å². The average molecular weight is 525 g/mol. The molecule has 10 heteroatoms. The molecule has 3 aromatic rings. The fraction of sp³-hybridized carbons (Fsp3) is 0.444. The van der Waals surface area contributed by atoms with E-state index in [9.17, 15) is 9.59 Å². The molecule has 0 aliphatic carbocycles. The summed E-state index contributed by atoms with van der Waals surface area (Å²) in [4.78, 5) is 39.7. The molecule has 37 heavy (non-hydrogen) atoms. The summed E-state index contributed by atoms with van der Waals surface area (Å²) in [7, 11) is 0. The Kier molecular flexibility index (Phi) is 7.64. The van der Waals surface area contributed by atoms with E-state index in [0.29, 0.717) is 31.2 Å². The van der Waals surface area contributed by atoms with Crippen LogP contribution in [0.4, 0.5) is 10.5 Å². The minimum atomic E-state index is -0.839. The maximum Gasteiger partial charge on any atom is 0.407 e. The molecule has 196 valence electrons. The summed E-state index contributed by atoms with van der Waals surface area (Å²) in [6.45, 7) is 8.39. The first kappa shape index (κ1) is 25.5. The van der Waals surface area contributed by atoms with Crippen molar-refractivity contribution in [3.8, 4) is 11.1 Å². The molecule has 4 heterocycles. The first-order valence-electron chi connectivity index (χ1n) is 12.9. The van der Waals surface area contributed by atoms with Gasteiger partial charge in [-0.3, -0.25) is 14.6 Å². The van der Waals surface area contributed by atoms with Crippen molar-refractivity contribution in [1.29, 1.82) is 0 Å². The van der Waals surface area contributed by atoms with Gasteiger partial charge in [0.1, 0.15) is 5.65 Å². The third kappa shape index (κ3) is 5.44. The standard InChI is InChI=1S/C27H33ClN6O3/c1-2-19-16-29-26-24(19)25(28)22(17-30-26)20-5-3-6-21(15-20)34-14-11-32(18-23(34)35)8-4-7-31-9-12-33(13-10-31)27(36)37/h3,5-6,15-17H,2,4,7-14,18H2,1H3,(H,29,30)(H,36,37). The lowest BCUT2D eigenvalue weighted by molar-refractivity contribution is -0.121. The predicted molar refractivity (Wildman–Crippen MR) is 145 cm³/mol. The summed E-state index contributed by atoms with van der Waals surface area (Å²) < 4.78 is 0. The number of carbonyl (C=O) groups excluding carboxylic acids is 1. The first-order valence-corrected chi connectivity index (χ1v) is 13.3. The van der Waals surface area contributed by atoms with Gasteiger partial charge in [-0.1, -0.05) is 30.7 Å². The third-order valence-electron chi connectivity index (χ3n) is 7.46. The molecule has 2 fully saturated rings. The lowest BCUT2D eigenvalue weighted by Gasteiger charge is -2.36. The number of fused-ring (bicyclic) bond motifs is 1. The normalized spacial score (nSPS) is 17.6. The van der Waals surface area contributed by atoms with Gasteiger partial charge >= 0.3 is 6.09 Å². The Bertz CT molecular complexity index is 1290. The quantitative estimate of drug-likeness (QED) is 0.488. The number of aromatic amines is 1. The van der Waals surface area contributed by atoms with Gasteiger partial charge in [-0.05, 0) is 49.2 Å². The Hall–Kier alpha value is -3.14. The number of piperazine rings is 2. The van der Waals surface area contributed by atoms with E-state index in [4.69, 9.17) is 16.7 Å². The van der Waals surface area contributed by atoms with Crippen LogP contribution in [0.5, 0.6) is 0 Å². The van der Waals surface area contributed by atoms with Gasteiger partial charge in [-0.25, -0.2) is 9.78 Å². The SMILES string of the molecule is CCc1c[nH]c2ncc(-c3cccc(N4CCN(CCCN5CCN(C(=O)O)CC5)CC4=O)c3)c(Cl)c12. The predicted octanol–water partition coefficient (Wildman–Crippen LogP) is 3.78. The van der Waals surface area contributed by atoms with Crippen LogP contribution in [0.3, 0.4) is 0 Å². The van der Waals surface area contributed by atoms with Gasteiger partial charge in [-0.2, -0.15) is 0 Å². The van der Waals surface area contributed by atoms with Crippen molar-refractivity contribution in [1.82, 2.24) is 24.7 Å². The summed E-state index contributed by atoms with van der Waals surface area (Å²) in [6.07, 6.45) is 4.74. The van der Waals surface area contributed by atoms with Gasteiger partial charge in [0.25, 0.3) is 0 Å². The Morgan fingerprint density at radius 1 is 1.11 bits per heavy atom. The number of carboxylic acid groups (broad SMARTS) is 1. The van der Waals surface area contributed by atoms with Crippen LogP contribution >= 0.6 is 11.6 Å². The Morgan fingerprint density at radius 3 is 2.59 bits per heavy atom. The number of hydrogen-bond donors (Lipinski definition) is 2. The number of anilines is 1. The van der Waals surface area contributed by atoms with Crippen LogP contribution in [-0.4, -0.2) is 101 Å². The number of benzene rings is 1. The Balaban J connectivity index is 1.19. The van der Waals surface area contributed by atoms with Crippen molar-refractivity contribution < 1.29 is 14.7 Å². The highest BCUT2D eigenvalue weighted by Gasteiger charge is 2.26. The van der Waals surface area contributed by atoms with E-state index < -0.39 is 6.09 Å². The fourth-order valence-electron chi connectivity index (χ4n) is 5.31. The molecule has 0 bridgehead atoms. The molecule has 0 saturated carbocycles. The number of carbonyl (C=O) groups is 2. The molecular weight excluding hydrogens is 492 g/mol. The van der Waals surface area contributed by atoms with Crippen LogP contribution in [-0.2, 0) is 11.2 Å². The van der Waals surface area contributed by atoms with Crippen LogP contribution in [0, 0.1) is 0 Å². The number of hydrogen-bond acceptors (Lipinski definition) is 5. The maximum atomic E-state index is 13.1. The molecule has 0 atom stereocenters. The van der Waals surface area contributed by atoms with Crippen molar-refractivity contribution in [3.63, 3.8) is 0 Å². The molecule has 9 nitrogen and oxygen atoms in total. The molecule has 2 saturated heterocycles. The summed E-state index contributed by atoms with van der Waals surface area (Å²) >= 11 is 6.83. The van der Waals surface area contributed by atoms with E-state index in [2.05, 4.69) is 26.7 Å². The highest BCUT2D eigenvalue weighted by atomic mass is 35.5. The molecule has 0 unspecified atom stereocenters. The number of amides is 2. The van der Waals surface area contributed by atoms with Gasteiger partial charge in [0.2, 0.25) is 5.91 Å². The van der Waals surface area contributed by atoms with Gasteiger partial charge in [0, 0.05) is 68.3 Å². The molecule has 2 N–H and O–H groups in total. The zero-order valence-electron chi connectivity index (χ0n) is 21.1. The Morgan fingerprint density at radius 2 is 1.86 bits per heavy atom. The Labute approximate surface area is 221 Å². The summed E-state index contributed by atoms with van der Waals surface area (Å²) in [5.41, 5.74) is 4.60. The van der Waals surface area contributed by atoms with Gasteiger partial charge in [0.05, 0.1) is 11.6 Å². The number of aromatic nitrogens is 2. The topological polar surface area (TPSA) is 96.0 Å². The smallest absolute Gasteiger partial charge is 0.407 e. The molecule has 2 aliphatic heterocycles. The molecule has 0 radical (unpaired) electrons. The number of nitrogens with one attached hydrogen (secondary N) is 1. The van der Waals surface area contributed by atoms with E-state index >= 15 is 0 Å². The van der Waals surface area contributed by atoms with Crippen molar-refractivity contribution in [2.24, 2.45) is 0 Å². The second-order valence-electron chi connectivity index (χ2n) is 9.71. The van der Waals surface area contributed by atoms with Crippen LogP contribution in [0.2, 0.25) is 5.02 Å². The number of nitrogens with zero attached hydrogens (tertiary/aromatic N) is 5. The van der Waals surface area contributed by atoms with E-state index in [1.165, 1.54) is 4.90 Å². The second-order valence-corrected chi connectivity index (χ2v) is 10.1.